The first-order valence-corrected chi connectivity index (χ1v) is 13.4. The van der Waals surface area contributed by atoms with Gasteiger partial charge in [0.25, 0.3) is 0 Å². The highest BCUT2D eigenvalue weighted by Crippen LogP contribution is 2.27. The minimum Gasteiger partial charge on any atom is -0.486 e. The van der Waals surface area contributed by atoms with Crippen molar-refractivity contribution >= 4 is 27.3 Å². The highest BCUT2D eigenvalue weighted by molar-refractivity contribution is 7.89. The molecule has 35 heavy (non-hydrogen) atoms. The Labute approximate surface area is 210 Å². The third-order valence-electron chi connectivity index (χ3n) is 5.98. The van der Waals surface area contributed by atoms with Crippen molar-refractivity contribution in [3.63, 3.8) is 0 Å². The Morgan fingerprint density at radius 1 is 1.03 bits per heavy atom. The fourth-order valence-electron chi connectivity index (χ4n) is 3.98. The predicted molar refractivity (Wildman–Crippen MR) is 138 cm³/mol. The summed E-state index contributed by atoms with van der Waals surface area (Å²) in [7, 11) is -3.33. The van der Waals surface area contributed by atoms with Crippen molar-refractivity contribution in [3.8, 4) is 11.4 Å². The maximum Gasteiger partial charge on any atom is 0.316 e. The molecule has 2 heterocycles. The molecule has 0 atom stereocenters. The summed E-state index contributed by atoms with van der Waals surface area (Å²) in [6.07, 6.45) is 2.24. The minimum atomic E-state index is -3.33. The van der Waals surface area contributed by atoms with Crippen molar-refractivity contribution in [2.24, 2.45) is 0 Å². The van der Waals surface area contributed by atoms with Gasteiger partial charge in [-0.15, -0.1) is 0 Å². The molecule has 3 aromatic rings. The van der Waals surface area contributed by atoms with Gasteiger partial charge in [0.15, 0.2) is 0 Å². The number of sulfonamides is 1. The summed E-state index contributed by atoms with van der Waals surface area (Å²) in [5, 5.41) is 4.40. The van der Waals surface area contributed by atoms with E-state index in [1.165, 1.54) is 8.99 Å². The summed E-state index contributed by atoms with van der Waals surface area (Å²) >= 11 is 6.13. The molecule has 10 heteroatoms. The molecule has 1 aromatic heterocycles. The highest BCUT2D eigenvalue weighted by atomic mass is 35.5. The SMILES string of the molecule is CC(C)S(=O)(=O)N1CCN(c2cnn(-c3cccc(Cl)c3)c(=O)c2OCCc2ccccc2)CC1. The number of benzene rings is 2. The van der Waals surface area contributed by atoms with E-state index in [0.717, 1.165) is 5.56 Å². The van der Waals surface area contributed by atoms with Crippen molar-refractivity contribution < 1.29 is 13.2 Å². The van der Waals surface area contributed by atoms with Gasteiger partial charge in [-0.05, 0) is 37.6 Å². The number of ether oxygens (including phenoxy) is 1. The lowest BCUT2D eigenvalue weighted by atomic mass is 10.2. The summed E-state index contributed by atoms with van der Waals surface area (Å²) < 4.78 is 34.0. The first kappa shape index (κ1) is 25.2. The standard InChI is InChI=1S/C25H29ClN4O4S/c1-19(2)35(32,33)29-14-12-28(13-15-29)23-18-27-30(22-10-6-9-21(26)17-22)25(31)24(23)34-16-11-20-7-4-3-5-8-20/h3-10,17-19H,11-16H2,1-2H3. The van der Waals surface area contributed by atoms with Gasteiger partial charge in [-0.25, -0.2) is 8.42 Å². The van der Waals surface area contributed by atoms with Gasteiger partial charge in [-0.3, -0.25) is 4.79 Å². The number of hydrogen-bond acceptors (Lipinski definition) is 6. The van der Waals surface area contributed by atoms with Gasteiger partial charge >= 0.3 is 5.56 Å². The fourth-order valence-corrected chi connectivity index (χ4v) is 5.43. The van der Waals surface area contributed by atoms with Crippen LogP contribution in [0.25, 0.3) is 5.69 Å². The van der Waals surface area contributed by atoms with Crippen molar-refractivity contribution in [2.75, 3.05) is 37.7 Å². The zero-order valence-electron chi connectivity index (χ0n) is 19.8. The Bertz CT molecular complexity index is 1320. The molecule has 0 bridgehead atoms. The smallest absolute Gasteiger partial charge is 0.316 e. The monoisotopic (exact) mass is 516 g/mol. The van der Waals surface area contributed by atoms with E-state index in [2.05, 4.69) is 5.10 Å². The van der Waals surface area contributed by atoms with Crippen molar-refractivity contribution in [1.82, 2.24) is 14.1 Å². The molecule has 1 aliphatic rings. The van der Waals surface area contributed by atoms with Crippen LogP contribution < -0.4 is 15.2 Å². The van der Waals surface area contributed by atoms with Crippen LogP contribution in [0.2, 0.25) is 5.02 Å². The minimum absolute atomic E-state index is 0.191. The molecule has 1 fully saturated rings. The number of anilines is 1. The van der Waals surface area contributed by atoms with E-state index >= 15 is 0 Å². The van der Waals surface area contributed by atoms with E-state index in [1.807, 2.05) is 35.2 Å². The third kappa shape index (κ3) is 5.69. The van der Waals surface area contributed by atoms with Crippen LogP contribution in [0, 0.1) is 0 Å². The van der Waals surface area contributed by atoms with Crippen LogP contribution in [0.4, 0.5) is 5.69 Å². The number of piperazine rings is 1. The number of hydrogen-bond donors (Lipinski definition) is 0. The van der Waals surface area contributed by atoms with Crippen LogP contribution >= 0.6 is 11.6 Å². The highest BCUT2D eigenvalue weighted by Gasteiger charge is 2.31. The van der Waals surface area contributed by atoms with Gasteiger partial charge < -0.3 is 9.64 Å². The third-order valence-corrected chi connectivity index (χ3v) is 8.49. The number of nitrogens with zero attached hydrogens (tertiary/aromatic N) is 4. The molecular formula is C25H29ClN4O4S. The normalized spacial score (nSPS) is 14.9. The number of rotatable bonds is 8. The molecule has 0 unspecified atom stereocenters. The van der Waals surface area contributed by atoms with Gasteiger partial charge in [0.2, 0.25) is 15.8 Å². The molecule has 1 saturated heterocycles. The Balaban J connectivity index is 1.62. The zero-order valence-corrected chi connectivity index (χ0v) is 21.4. The Morgan fingerprint density at radius 2 is 1.74 bits per heavy atom. The summed E-state index contributed by atoms with van der Waals surface area (Å²) in [6.45, 7) is 5.21. The van der Waals surface area contributed by atoms with Crippen LogP contribution in [0.5, 0.6) is 5.75 Å². The van der Waals surface area contributed by atoms with E-state index in [0.29, 0.717) is 55.6 Å². The van der Waals surface area contributed by atoms with Crippen molar-refractivity contribution in [3.05, 3.63) is 81.7 Å². The second-order valence-electron chi connectivity index (χ2n) is 8.62. The largest absolute Gasteiger partial charge is 0.486 e. The number of aromatic nitrogens is 2. The zero-order chi connectivity index (χ0) is 25.0. The van der Waals surface area contributed by atoms with Gasteiger partial charge in [-0.1, -0.05) is 48.0 Å². The topological polar surface area (TPSA) is 84.7 Å². The predicted octanol–water partition coefficient (Wildman–Crippen LogP) is 3.37. The molecule has 0 amide bonds. The molecule has 0 spiro atoms. The number of halogens is 1. The lowest BCUT2D eigenvalue weighted by molar-refractivity contribution is 0.312. The Hall–Kier alpha value is -2.88. The van der Waals surface area contributed by atoms with Gasteiger partial charge in [0.1, 0.15) is 5.69 Å². The molecule has 0 aliphatic carbocycles. The van der Waals surface area contributed by atoms with Gasteiger partial charge in [0.05, 0.1) is 23.7 Å². The van der Waals surface area contributed by atoms with E-state index in [4.69, 9.17) is 16.3 Å². The van der Waals surface area contributed by atoms with Crippen molar-refractivity contribution in [1.29, 1.82) is 0 Å². The quantitative estimate of drug-likeness (QED) is 0.456. The molecule has 2 aromatic carbocycles. The van der Waals surface area contributed by atoms with Crippen LogP contribution in [0.1, 0.15) is 19.4 Å². The van der Waals surface area contributed by atoms with Gasteiger partial charge in [-0.2, -0.15) is 14.1 Å². The van der Waals surface area contributed by atoms with Crippen molar-refractivity contribution in [2.45, 2.75) is 25.5 Å². The maximum absolute atomic E-state index is 13.5. The summed E-state index contributed by atoms with van der Waals surface area (Å²) in [5.41, 5.74) is 1.80. The first-order chi connectivity index (χ1) is 16.8. The van der Waals surface area contributed by atoms with Crippen LogP contribution in [-0.4, -0.2) is 60.5 Å². The van der Waals surface area contributed by atoms with Crippen LogP contribution in [-0.2, 0) is 16.4 Å². The molecule has 0 saturated carbocycles. The molecule has 0 N–H and O–H groups in total. The molecule has 186 valence electrons. The average molecular weight is 517 g/mol. The van der Waals surface area contributed by atoms with E-state index in [1.54, 1.807) is 44.3 Å². The molecular weight excluding hydrogens is 488 g/mol. The first-order valence-electron chi connectivity index (χ1n) is 11.6. The molecule has 1 aliphatic heterocycles. The summed E-state index contributed by atoms with van der Waals surface area (Å²) in [5.74, 6) is 0.191. The summed E-state index contributed by atoms with van der Waals surface area (Å²) in [6, 6.07) is 16.8. The van der Waals surface area contributed by atoms with E-state index in [9.17, 15) is 13.2 Å². The molecule has 8 nitrogen and oxygen atoms in total. The Kier molecular flexibility index (Phi) is 7.78. The second-order valence-corrected chi connectivity index (χ2v) is 11.5. The van der Waals surface area contributed by atoms with E-state index < -0.39 is 20.8 Å². The maximum atomic E-state index is 13.5. The lowest BCUT2D eigenvalue weighted by Gasteiger charge is -2.36. The summed E-state index contributed by atoms with van der Waals surface area (Å²) in [4.78, 5) is 15.5. The fraction of sp³-hybridized carbons (Fsp3) is 0.360. The average Bonchev–Trinajstić information content (AvgIpc) is 2.85. The molecule has 4 rings (SSSR count). The van der Waals surface area contributed by atoms with Crippen LogP contribution in [0.3, 0.4) is 0 Å². The second kappa shape index (κ2) is 10.8. The van der Waals surface area contributed by atoms with E-state index in [-0.39, 0.29) is 5.75 Å². The van der Waals surface area contributed by atoms with Crippen LogP contribution in [0.15, 0.2) is 65.6 Å². The Morgan fingerprint density at radius 3 is 2.40 bits per heavy atom. The molecule has 0 radical (unpaired) electrons. The lowest BCUT2D eigenvalue weighted by Crippen LogP contribution is -2.50. The van der Waals surface area contributed by atoms with Gasteiger partial charge in [0, 0.05) is 37.6 Å².